The zero-order chi connectivity index (χ0) is 18.2. The van der Waals surface area contributed by atoms with Crippen molar-refractivity contribution in [3.05, 3.63) is 53.6 Å². The number of hydrogen-bond donors (Lipinski definition) is 2. The molecule has 6 nitrogen and oxygen atoms in total. The van der Waals surface area contributed by atoms with Gasteiger partial charge in [-0.05, 0) is 50.2 Å². The van der Waals surface area contributed by atoms with Crippen molar-refractivity contribution >= 4 is 17.5 Å². The molecule has 0 heterocycles. The van der Waals surface area contributed by atoms with Crippen LogP contribution in [0.15, 0.2) is 42.5 Å². The number of hydrogen-bond acceptors (Lipinski definition) is 4. The summed E-state index contributed by atoms with van der Waals surface area (Å²) in [7, 11) is 1.52. The van der Waals surface area contributed by atoms with Gasteiger partial charge in [0.25, 0.3) is 11.8 Å². The number of carbonyl (C=O) groups excluding carboxylic acids is 2. The number of nitrogens with one attached hydrogen (secondary N) is 2. The van der Waals surface area contributed by atoms with E-state index in [1.165, 1.54) is 7.11 Å². The third-order valence-electron chi connectivity index (χ3n) is 3.45. The number of rotatable bonds is 7. The Morgan fingerprint density at radius 2 is 1.72 bits per heavy atom. The molecule has 0 bridgehead atoms. The first-order valence-corrected chi connectivity index (χ1v) is 8.09. The molecule has 2 aromatic carbocycles. The van der Waals surface area contributed by atoms with Crippen molar-refractivity contribution in [2.75, 3.05) is 25.6 Å². The molecular formula is C19H22N2O4. The summed E-state index contributed by atoms with van der Waals surface area (Å²) in [5.74, 6) is 0.598. The SMILES string of the molecule is CCNC(=O)c1cccc(NC(=O)c2ccc(OCC)c(OC)c2)c1. The third-order valence-corrected chi connectivity index (χ3v) is 3.45. The first kappa shape index (κ1) is 18.3. The van der Waals surface area contributed by atoms with Crippen molar-refractivity contribution < 1.29 is 19.1 Å². The summed E-state index contributed by atoms with van der Waals surface area (Å²) in [6.45, 7) is 4.78. The molecule has 0 aliphatic heterocycles. The van der Waals surface area contributed by atoms with Gasteiger partial charge in [0.2, 0.25) is 0 Å². The summed E-state index contributed by atoms with van der Waals surface area (Å²) in [4.78, 5) is 24.3. The van der Waals surface area contributed by atoms with Gasteiger partial charge in [-0.1, -0.05) is 6.07 Å². The van der Waals surface area contributed by atoms with Gasteiger partial charge in [-0.2, -0.15) is 0 Å². The summed E-state index contributed by atoms with van der Waals surface area (Å²) in [5, 5.41) is 5.51. The third kappa shape index (κ3) is 4.73. The molecule has 0 aliphatic rings. The van der Waals surface area contributed by atoms with Gasteiger partial charge in [-0.15, -0.1) is 0 Å². The van der Waals surface area contributed by atoms with E-state index in [4.69, 9.17) is 9.47 Å². The van der Waals surface area contributed by atoms with Gasteiger partial charge < -0.3 is 20.1 Å². The van der Waals surface area contributed by atoms with Crippen LogP contribution in [0.1, 0.15) is 34.6 Å². The van der Waals surface area contributed by atoms with Crippen LogP contribution in [0.3, 0.4) is 0 Å². The van der Waals surface area contributed by atoms with Crippen molar-refractivity contribution in [1.82, 2.24) is 5.32 Å². The number of ether oxygens (including phenoxy) is 2. The number of amides is 2. The molecular weight excluding hydrogens is 320 g/mol. The molecule has 0 fully saturated rings. The number of carbonyl (C=O) groups is 2. The number of anilines is 1. The minimum absolute atomic E-state index is 0.179. The Labute approximate surface area is 147 Å². The van der Waals surface area contributed by atoms with E-state index in [9.17, 15) is 9.59 Å². The Bertz CT molecular complexity index is 759. The predicted molar refractivity (Wildman–Crippen MR) is 96.6 cm³/mol. The van der Waals surface area contributed by atoms with E-state index in [2.05, 4.69) is 10.6 Å². The molecule has 25 heavy (non-hydrogen) atoms. The lowest BCUT2D eigenvalue weighted by molar-refractivity contribution is 0.0954. The summed E-state index contributed by atoms with van der Waals surface area (Å²) in [6, 6.07) is 11.8. The lowest BCUT2D eigenvalue weighted by atomic mass is 10.1. The van der Waals surface area contributed by atoms with E-state index < -0.39 is 0 Å². The summed E-state index contributed by atoms with van der Waals surface area (Å²) in [6.07, 6.45) is 0. The molecule has 0 saturated heterocycles. The van der Waals surface area contributed by atoms with Crippen LogP contribution in [0.2, 0.25) is 0 Å². The normalized spacial score (nSPS) is 10.0. The highest BCUT2D eigenvalue weighted by Crippen LogP contribution is 2.28. The van der Waals surface area contributed by atoms with Crippen LogP contribution in [0.25, 0.3) is 0 Å². The highest BCUT2D eigenvalue weighted by atomic mass is 16.5. The van der Waals surface area contributed by atoms with Gasteiger partial charge in [0, 0.05) is 23.4 Å². The van der Waals surface area contributed by atoms with Crippen LogP contribution in [-0.2, 0) is 0 Å². The smallest absolute Gasteiger partial charge is 0.255 e. The second-order valence-electron chi connectivity index (χ2n) is 5.19. The molecule has 0 radical (unpaired) electrons. The fraction of sp³-hybridized carbons (Fsp3) is 0.263. The Balaban J connectivity index is 2.17. The highest BCUT2D eigenvalue weighted by Gasteiger charge is 2.12. The number of methoxy groups -OCH3 is 1. The molecule has 2 aromatic rings. The van der Waals surface area contributed by atoms with E-state index in [1.807, 2.05) is 13.8 Å². The molecule has 132 valence electrons. The Hall–Kier alpha value is -3.02. The zero-order valence-corrected chi connectivity index (χ0v) is 14.6. The number of benzene rings is 2. The van der Waals surface area contributed by atoms with E-state index in [-0.39, 0.29) is 11.8 Å². The minimum Gasteiger partial charge on any atom is -0.493 e. The van der Waals surface area contributed by atoms with Crippen LogP contribution in [0, 0.1) is 0 Å². The van der Waals surface area contributed by atoms with E-state index in [1.54, 1.807) is 42.5 Å². The molecule has 0 atom stereocenters. The molecule has 2 rings (SSSR count). The Kier molecular flexibility index (Phi) is 6.39. The standard InChI is InChI=1S/C19H22N2O4/c1-4-20-18(22)13-7-6-8-15(11-13)21-19(23)14-9-10-16(25-5-2)17(12-14)24-3/h6-12H,4-5H2,1-3H3,(H,20,22)(H,21,23). The summed E-state index contributed by atoms with van der Waals surface area (Å²) >= 11 is 0. The predicted octanol–water partition coefficient (Wildman–Crippen LogP) is 3.10. The van der Waals surface area contributed by atoms with Gasteiger partial charge >= 0.3 is 0 Å². The lowest BCUT2D eigenvalue weighted by Gasteiger charge is -2.11. The van der Waals surface area contributed by atoms with Crippen molar-refractivity contribution in [1.29, 1.82) is 0 Å². The molecule has 6 heteroatoms. The second kappa shape index (κ2) is 8.73. The quantitative estimate of drug-likeness (QED) is 0.811. The highest BCUT2D eigenvalue weighted by molar-refractivity contribution is 6.05. The molecule has 0 aromatic heterocycles. The maximum Gasteiger partial charge on any atom is 0.255 e. The van der Waals surface area contributed by atoms with Gasteiger partial charge in [-0.25, -0.2) is 0 Å². The van der Waals surface area contributed by atoms with Crippen LogP contribution in [-0.4, -0.2) is 32.1 Å². The molecule has 0 saturated carbocycles. The van der Waals surface area contributed by atoms with Crippen LogP contribution < -0.4 is 20.1 Å². The second-order valence-corrected chi connectivity index (χ2v) is 5.19. The van der Waals surface area contributed by atoms with Gasteiger partial charge in [0.15, 0.2) is 11.5 Å². The lowest BCUT2D eigenvalue weighted by Crippen LogP contribution is -2.22. The average molecular weight is 342 g/mol. The summed E-state index contributed by atoms with van der Waals surface area (Å²) in [5.41, 5.74) is 1.47. The maximum atomic E-state index is 12.5. The molecule has 0 spiro atoms. The van der Waals surface area contributed by atoms with Crippen molar-refractivity contribution in [3.8, 4) is 11.5 Å². The van der Waals surface area contributed by atoms with Crippen LogP contribution in [0.4, 0.5) is 5.69 Å². The summed E-state index contributed by atoms with van der Waals surface area (Å²) < 4.78 is 10.7. The first-order valence-electron chi connectivity index (χ1n) is 8.09. The zero-order valence-electron chi connectivity index (χ0n) is 14.6. The Morgan fingerprint density at radius 1 is 0.960 bits per heavy atom. The van der Waals surface area contributed by atoms with E-state index in [0.29, 0.717) is 41.5 Å². The molecule has 2 N–H and O–H groups in total. The molecule has 0 unspecified atom stereocenters. The Morgan fingerprint density at radius 3 is 2.40 bits per heavy atom. The topological polar surface area (TPSA) is 76.7 Å². The van der Waals surface area contributed by atoms with Crippen molar-refractivity contribution in [3.63, 3.8) is 0 Å². The minimum atomic E-state index is -0.297. The van der Waals surface area contributed by atoms with Gasteiger partial charge in [0.1, 0.15) is 0 Å². The van der Waals surface area contributed by atoms with Crippen molar-refractivity contribution in [2.24, 2.45) is 0 Å². The largest absolute Gasteiger partial charge is 0.493 e. The fourth-order valence-corrected chi connectivity index (χ4v) is 2.29. The molecule has 0 aliphatic carbocycles. The first-order chi connectivity index (χ1) is 12.1. The van der Waals surface area contributed by atoms with Crippen LogP contribution in [0.5, 0.6) is 11.5 Å². The molecule has 2 amide bonds. The van der Waals surface area contributed by atoms with Crippen LogP contribution >= 0.6 is 0 Å². The maximum absolute atomic E-state index is 12.5. The van der Waals surface area contributed by atoms with E-state index >= 15 is 0 Å². The van der Waals surface area contributed by atoms with Gasteiger partial charge in [0.05, 0.1) is 13.7 Å². The average Bonchev–Trinajstić information content (AvgIpc) is 2.62. The van der Waals surface area contributed by atoms with E-state index in [0.717, 1.165) is 0 Å². The fourth-order valence-electron chi connectivity index (χ4n) is 2.29. The monoisotopic (exact) mass is 342 g/mol. The van der Waals surface area contributed by atoms with Crippen molar-refractivity contribution in [2.45, 2.75) is 13.8 Å². The van der Waals surface area contributed by atoms with Gasteiger partial charge in [-0.3, -0.25) is 9.59 Å².